The molecule has 160 valence electrons. The first-order valence-corrected chi connectivity index (χ1v) is 9.89. The Kier molecular flexibility index (Phi) is 8.94. The molecule has 30 heavy (non-hydrogen) atoms. The van der Waals surface area contributed by atoms with Crippen molar-refractivity contribution in [3.63, 3.8) is 0 Å². The molecular weight excluding hydrogens is 382 g/mol. The van der Waals surface area contributed by atoms with Crippen LogP contribution in [-0.2, 0) is 20.9 Å². The van der Waals surface area contributed by atoms with Crippen LogP contribution in [0.5, 0.6) is 11.5 Å². The topological polar surface area (TPSA) is 73.9 Å². The molecule has 0 aliphatic rings. The fraction of sp³-hybridized carbons (Fsp3) is 0.333. The fourth-order valence-electron chi connectivity index (χ4n) is 2.82. The highest BCUT2D eigenvalue weighted by Crippen LogP contribution is 2.27. The summed E-state index contributed by atoms with van der Waals surface area (Å²) in [7, 11) is 3.11. The van der Waals surface area contributed by atoms with E-state index in [1.807, 2.05) is 50.2 Å². The summed E-state index contributed by atoms with van der Waals surface area (Å²) in [6, 6.07) is 14.1. The van der Waals surface area contributed by atoms with Crippen LogP contribution in [0.3, 0.4) is 0 Å². The largest absolute Gasteiger partial charge is 0.493 e. The maximum atomic E-state index is 12.6. The van der Waals surface area contributed by atoms with Crippen molar-refractivity contribution >= 4 is 18.0 Å². The lowest BCUT2D eigenvalue weighted by molar-refractivity contribution is -0.150. The zero-order valence-electron chi connectivity index (χ0n) is 17.9. The number of hydrogen-bond acceptors (Lipinski definition) is 5. The average Bonchev–Trinajstić information content (AvgIpc) is 2.79. The van der Waals surface area contributed by atoms with Crippen molar-refractivity contribution in [2.75, 3.05) is 14.2 Å². The van der Waals surface area contributed by atoms with E-state index in [9.17, 15) is 9.59 Å². The van der Waals surface area contributed by atoms with Crippen LogP contribution in [0.1, 0.15) is 31.4 Å². The zero-order valence-corrected chi connectivity index (χ0v) is 17.9. The molecule has 1 N–H and O–H groups in total. The van der Waals surface area contributed by atoms with E-state index < -0.39 is 12.0 Å². The first kappa shape index (κ1) is 23.0. The summed E-state index contributed by atoms with van der Waals surface area (Å²) >= 11 is 0. The van der Waals surface area contributed by atoms with Crippen molar-refractivity contribution in [3.05, 3.63) is 65.7 Å². The number of carbonyl (C=O) groups excluding carboxylic acids is 2. The van der Waals surface area contributed by atoms with Crippen LogP contribution in [0, 0.1) is 5.92 Å². The third-order valence-corrected chi connectivity index (χ3v) is 4.82. The molecule has 1 amide bonds. The second-order valence-electron chi connectivity index (χ2n) is 6.91. The first-order valence-electron chi connectivity index (χ1n) is 9.89. The van der Waals surface area contributed by atoms with Crippen LogP contribution in [0.2, 0.25) is 0 Å². The van der Waals surface area contributed by atoms with E-state index in [0.29, 0.717) is 11.5 Å². The van der Waals surface area contributed by atoms with E-state index in [0.717, 1.165) is 17.5 Å². The molecule has 0 saturated heterocycles. The van der Waals surface area contributed by atoms with Crippen molar-refractivity contribution < 1.29 is 23.8 Å². The minimum absolute atomic E-state index is 0.0632. The number of ether oxygens (including phenoxy) is 3. The number of nitrogens with one attached hydrogen (secondary N) is 1. The Morgan fingerprint density at radius 2 is 1.73 bits per heavy atom. The summed E-state index contributed by atoms with van der Waals surface area (Å²) in [4.78, 5) is 25.0. The first-order chi connectivity index (χ1) is 14.5. The van der Waals surface area contributed by atoms with Gasteiger partial charge in [-0.05, 0) is 35.3 Å². The molecule has 0 aliphatic carbocycles. The third kappa shape index (κ3) is 6.65. The molecule has 2 rings (SSSR count). The lowest BCUT2D eigenvalue weighted by Crippen LogP contribution is -2.45. The van der Waals surface area contributed by atoms with Gasteiger partial charge in [0, 0.05) is 6.08 Å². The van der Waals surface area contributed by atoms with E-state index >= 15 is 0 Å². The second-order valence-corrected chi connectivity index (χ2v) is 6.91. The van der Waals surface area contributed by atoms with Gasteiger partial charge in [-0.15, -0.1) is 0 Å². The molecule has 0 spiro atoms. The van der Waals surface area contributed by atoms with E-state index in [1.165, 1.54) is 6.08 Å². The molecule has 0 aliphatic heterocycles. The SMILES string of the molecule is CCC(C)C(NC(=O)/C=C/c1ccc(OC)c(OC)c1)C(=O)OCc1ccccc1. The molecule has 0 bridgehead atoms. The fourth-order valence-corrected chi connectivity index (χ4v) is 2.82. The number of amides is 1. The van der Waals surface area contributed by atoms with Crippen LogP contribution in [0.4, 0.5) is 0 Å². The summed E-state index contributed by atoms with van der Waals surface area (Å²) in [6.45, 7) is 4.05. The molecule has 6 nitrogen and oxygen atoms in total. The number of carbonyl (C=O) groups is 2. The number of methoxy groups -OCH3 is 2. The molecule has 0 radical (unpaired) electrons. The second kappa shape index (κ2) is 11.7. The normalized spacial score (nSPS) is 12.8. The minimum atomic E-state index is -0.721. The van der Waals surface area contributed by atoms with Gasteiger partial charge in [0.15, 0.2) is 11.5 Å². The van der Waals surface area contributed by atoms with Crippen molar-refractivity contribution in [3.8, 4) is 11.5 Å². The van der Waals surface area contributed by atoms with Crippen LogP contribution >= 0.6 is 0 Å². The molecule has 6 heteroatoms. The lowest BCUT2D eigenvalue weighted by atomic mass is 9.99. The number of rotatable bonds is 10. The molecule has 2 atom stereocenters. The average molecular weight is 411 g/mol. The molecule has 2 aromatic rings. The molecule has 0 aromatic heterocycles. The Bertz CT molecular complexity index is 863. The number of hydrogen-bond donors (Lipinski definition) is 1. The van der Waals surface area contributed by atoms with Gasteiger partial charge < -0.3 is 19.5 Å². The van der Waals surface area contributed by atoms with Crippen LogP contribution in [0.15, 0.2) is 54.6 Å². The zero-order chi connectivity index (χ0) is 21.9. The maximum absolute atomic E-state index is 12.6. The Hall–Kier alpha value is -3.28. The molecular formula is C24H29NO5. The predicted molar refractivity (Wildman–Crippen MR) is 116 cm³/mol. The van der Waals surface area contributed by atoms with Gasteiger partial charge in [-0.25, -0.2) is 4.79 Å². The van der Waals surface area contributed by atoms with E-state index in [-0.39, 0.29) is 18.4 Å². The minimum Gasteiger partial charge on any atom is -0.493 e. The highest BCUT2D eigenvalue weighted by Gasteiger charge is 2.26. The van der Waals surface area contributed by atoms with E-state index in [4.69, 9.17) is 14.2 Å². The maximum Gasteiger partial charge on any atom is 0.329 e. The summed E-state index contributed by atoms with van der Waals surface area (Å²) in [5.41, 5.74) is 1.67. The summed E-state index contributed by atoms with van der Waals surface area (Å²) in [5.74, 6) is 0.304. The summed E-state index contributed by atoms with van der Waals surface area (Å²) in [5, 5.41) is 2.77. The Balaban J connectivity index is 2.02. The van der Waals surface area contributed by atoms with Crippen molar-refractivity contribution in [1.29, 1.82) is 0 Å². The predicted octanol–water partition coefficient (Wildman–Crippen LogP) is 3.99. The smallest absolute Gasteiger partial charge is 0.329 e. The van der Waals surface area contributed by atoms with E-state index in [1.54, 1.807) is 32.4 Å². The van der Waals surface area contributed by atoms with E-state index in [2.05, 4.69) is 5.32 Å². The van der Waals surface area contributed by atoms with Gasteiger partial charge in [0.05, 0.1) is 14.2 Å². The molecule has 2 aromatic carbocycles. The standard InChI is InChI=1S/C24H29NO5/c1-5-17(2)23(24(27)30-16-19-9-7-6-8-10-19)25-22(26)14-12-18-11-13-20(28-3)21(15-18)29-4/h6-15,17,23H,5,16H2,1-4H3,(H,25,26)/b14-12+. The van der Waals surface area contributed by atoms with Crippen molar-refractivity contribution in [2.24, 2.45) is 5.92 Å². The monoisotopic (exact) mass is 411 g/mol. The Morgan fingerprint density at radius 1 is 1.03 bits per heavy atom. The quantitative estimate of drug-likeness (QED) is 0.473. The van der Waals surface area contributed by atoms with Crippen molar-refractivity contribution in [2.45, 2.75) is 32.9 Å². The van der Waals surface area contributed by atoms with Gasteiger partial charge in [-0.2, -0.15) is 0 Å². The molecule has 0 saturated carbocycles. The molecule has 2 unspecified atom stereocenters. The number of benzene rings is 2. The van der Waals surface area contributed by atoms with Gasteiger partial charge in [0.25, 0.3) is 0 Å². The van der Waals surface area contributed by atoms with Gasteiger partial charge in [-0.3, -0.25) is 4.79 Å². The summed E-state index contributed by atoms with van der Waals surface area (Å²) < 4.78 is 15.9. The van der Waals surface area contributed by atoms with Gasteiger partial charge in [0.1, 0.15) is 12.6 Å². The highest BCUT2D eigenvalue weighted by molar-refractivity contribution is 5.94. The third-order valence-electron chi connectivity index (χ3n) is 4.82. The lowest BCUT2D eigenvalue weighted by Gasteiger charge is -2.22. The Labute approximate surface area is 177 Å². The molecule has 0 heterocycles. The van der Waals surface area contributed by atoms with Gasteiger partial charge in [-0.1, -0.05) is 56.7 Å². The van der Waals surface area contributed by atoms with Crippen LogP contribution < -0.4 is 14.8 Å². The number of esters is 1. The van der Waals surface area contributed by atoms with Gasteiger partial charge >= 0.3 is 5.97 Å². The van der Waals surface area contributed by atoms with Gasteiger partial charge in [0.2, 0.25) is 5.91 Å². The highest BCUT2D eigenvalue weighted by atomic mass is 16.5. The Morgan fingerprint density at radius 3 is 2.37 bits per heavy atom. The van der Waals surface area contributed by atoms with Crippen molar-refractivity contribution in [1.82, 2.24) is 5.32 Å². The van der Waals surface area contributed by atoms with Crippen LogP contribution in [-0.4, -0.2) is 32.1 Å². The molecule has 0 fully saturated rings. The van der Waals surface area contributed by atoms with Crippen LogP contribution in [0.25, 0.3) is 6.08 Å². The summed E-state index contributed by atoms with van der Waals surface area (Å²) in [6.07, 6.45) is 3.77.